The zero-order chi connectivity index (χ0) is 27.6. The van der Waals surface area contributed by atoms with Gasteiger partial charge in [-0.1, -0.05) is 24.3 Å². The number of rotatable bonds is 3. The van der Waals surface area contributed by atoms with Crippen LogP contribution in [0.1, 0.15) is 50.7 Å². The minimum Gasteiger partial charge on any atom is -0.321 e. The number of piperidine rings is 1. The fourth-order valence-electron chi connectivity index (χ4n) is 4.87. The largest absolute Gasteiger partial charge is 0.321 e. The average Bonchev–Trinajstić information content (AvgIpc) is 3.75. The van der Waals surface area contributed by atoms with E-state index in [2.05, 4.69) is 85.0 Å². The van der Waals surface area contributed by atoms with Crippen LogP contribution in [0.4, 0.5) is 0 Å². The van der Waals surface area contributed by atoms with E-state index >= 15 is 0 Å². The molecule has 2 aromatic rings. The molecule has 2 aromatic heterocycles. The maximum atomic E-state index is 4.23. The molecule has 14 heteroatoms. The van der Waals surface area contributed by atoms with Crippen LogP contribution in [0.25, 0.3) is 0 Å². The van der Waals surface area contributed by atoms with E-state index < -0.39 is 0 Å². The topological polar surface area (TPSA) is 111 Å². The Morgan fingerprint density at radius 3 is 2.72 bits per heavy atom. The number of hydrazone groups is 1. The van der Waals surface area contributed by atoms with Crippen LogP contribution < -0.4 is 10.6 Å². The molecule has 2 saturated heterocycles. The lowest BCUT2D eigenvalue weighted by molar-refractivity contribution is -0.0603. The van der Waals surface area contributed by atoms with Gasteiger partial charge in [0.1, 0.15) is 17.7 Å². The second-order valence-corrected chi connectivity index (χ2v) is 11.1. The van der Waals surface area contributed by atoms with E-state index in [4.69, 9.17) is 0 Å². The Kier molecular flexibility index (Phi) is 11.0. The maximum absolute atomic E-state index is 4.23. The Balaban J connectivity index is 0.000000127. The van der Waals surface area contributed by atoms with Crippen molar-refractivity contribution >= 4 is 17.5 Å². The minimum atomic E-state index is 0.618. The highest BCUT2D eigenvalue weighted by atomic mass is 32.2. The van der Waals surface area contributed by atoms with E-state index in [1.807, 2.05) is 33.0 Å². The number of hydrogen-bond donors (Lipinski definition) is 2. The first-order chi connectivity index (χ1) is 19.0. The molecule has 5 aliphatic rings. The summed E-state index contributed by atoms with van der Waals surface area (Å²) in [6.07, 6.45) is 11.6. The van der Waals surface area contributed by atoms with E-state index in [0.717, 1.165) is 70.3 Å². The van der Waals surface area contributed by atoms with Gasteiger partial charge < -0.3 is 20.1 Å². The van der Waals surface area contributed by atoms with Crippen molar-refractivity contribution in [1.82, 2.24) is 59.9 Å². The molecule has 5 aliphatic heterocycles. The number of fused-ring (bicyclic) bond motifs is 6. The normalized spacial score (nSPS) is 22.3. The van der Waals surface area contributed by atoms with E-state index in [0.29, 0.717) is 6.04 Å². The summed E-state index contributed by atoms with van der Waals surface area (Å²) >= 11 is 1.60. The number of nitrogens with zero attached hydrogens (tertiary/aromatic N) is 11. The standard InChI is InChI=1S/C9H14N4.C6H9N5S.C6H11N3.C4H11N/c1-2-8-6-11-12-13(8)9-3-4-10-5-7(1)9;1-2-9-6(3-7-1)4-10-11(9)8-5-12-10;1-3-4-6-8-7-5-9(6)2;1-4-5(2)3/h6-7,9-10H,1-5H2;4-5,7H,1-3H2;5H,3-4H2,1-2H3;4H2,1-3H3. The minimum absolute atomic E-state index is 0.618. The first-order valence-electron chi connectivity index (χ1n) is 14.1. The highest BCUT2D eigenvalue weighted by molar-refractivity contribution is 8.10. The van der Waals surface area contributed by atoms with Gasteiger partial charge in [0.2, 0.25) is 0 Å². The summed E-state index contributed by atoms with van der Waals surface area (Å²) in [4.78, 5) is 2.12. The summed E-state index contributed by atoms with van der Waals surface area (Å²) < 4.78 is 6.13. The van der Waals surface area contributed by atoms with Crippen molar-refractivity contribution in [1.29, 1.82) is 0 Å². The first-order valence-corrected chi connectivity index (χ1v) is 14.9. The predicted octanol–water partition coefficient (Wildman–Crippen LogP) is 1.50. The van der Waals surface area contributed by atoms with Gasteiger partial charge in [-0.3, -0.25) is 0 Å². The van der Waals surface area contributed by atoms with Crippen molar-refractivity contribution in [2.75, 3.05) is 53.4 Å². The molecule has 0 aromatic carbocycles. The van der Waals surface area contributed by atoms with Gasteiger partial charge in [-0.15, -0.1) is 20.4 Å². The predicted molar refractivity (Wildman–Crippen MR) is 155 cm³/mol. The molecule has 7 heterocycles. The summed E-state index contributed by atoms with van der Waals surface area (Å²) in [5.41, 5.74) is 4.46. The highest BCUT2D eigenvalue weighted by Gasteiger charge is 2.34. The molecule has 2 unspecified atom stereocenters. The number of hydrazine groups is 2. The molecule has 0 bridgehead atoms. The van der Waals surface area contributed by atoms with Crippen LogP contribution in [0.15, 0.2) is 29.5 Å². The van der Waals surface area contributed by atoms with E-state index in [1.165, 1.54) is 24.2 Å². The third kappa shape index (κ3) is 7.71. The van der Waals surface area contributed by atoms with Gasteiger partial charge in [-0.05, 0) is 58.8 Å². The van der Waals surface area contributed by atoms with E-state index in [-0.39, 0.29) is 0 Å². The summed E-state index contributed by atoms with van der Waals surface area (Å²) in [7, 11) is 6.07. The number of aromatic nitrogens is 6. The van der Waals surface area contributed by atoms with Crippen LogP contribution in [-0.4, -0.2) is 108 Å². The monoisotopic (exact) mass is 559 g/mol. The number of piperazine rings is 1. The second-order valence-electron chi connectivity index (χ2n) is 10.4. The summed E-state index contributed by atoms with van der Waals surface area (Å²) in [6.45, 7) is 10.7. The molecule has 7 rings (SSSR count). The number of aryl methyl sites for hydroxylation is 3. The van der Waals surface area contributed by atoms with Crippen molar-refractivity contribution < 1.29 is 0 Å². The van der Waals surface area contributed by atoms with Crippen molar-refractivity contribution in [3.05, 3.63) is 35.9 Å². The third-order valence-electron chi connectivity index (χ3n) is 7.31. The van der Waals surface area contributed by atoms with Crippen LogP contribution in [0.2, 0.25) is 0 Å². The molecule has 0 radical (unpaired) electrons. The summed E-state index contributed by atoms with van der Waals surface area (Å²) in [6, 6.07) is 0.618. The Morgan fingerprint density at radius 2 is 1.97 bits per heavy atom. The third-order valence-corrected chi connectivity index (χ3v) is 7.96. The number of nitrogens with one attached hydrogen (secondary N) is 2. The molecule has 216 valence electrons. The van der Waals surface area contributed by atoms with Gasteiger partial charge in [-0.2, -0.15) is 4.41 Å². The van der Waals surface area contributed by atoms with Gasteiger partial charge in [0, 0.05) is 45.1 Å². The lowest BCUT2D eigenvalue weighted by atomic mass is 9.86. The van der Waals surface area contributed by atoms with Crippen LogP contribution >= 0.6 is 11.9 Å². The van der Waals surface area contributed by atoms with Crippen molar-refractivity contribution in [3.8, 4) is 0 Å². The summed E-state index contributed by atoms with van der Waals surface area (Å²) in [5.74, 6) is 1.85. The molecule has 39 heavy (non-hydrogen) atoms. The lowest BCUT2D eigenvalue weighted by Crippen LogP contribution is -2.46. The van der Waals surface area contributed by atoms with Gasteiger partial charge >= 0.3 is 0 Å². The van der Waals surface area contributed by atoms with Gasteiger partial charge in [0.15, 0.2) is 0 Å². The van der Waals surface area contributed by atoms with Crippen LogP contribution in [-0.2, 0) is 19.9 Å². The summed E-state index contributed by atoms with van der Waals surface area (Å²) in [5, 5.41) is 30.9. The molecular formula is C25H45N13S. The second kappa shape index (κ2) is 14.6. The number of hydrogen-bond acceptors (Lipinski definition) is 12. The zero-order valence-electron chi connectivity index (χ0n) is 24.1. The Morgan fingerprint density at radius 1 is 1.13 bits per heavy atom. The fourth-order valence-corrected chi connectivity index (χ4v) is 5.50. The Bertz CT molecular complexity index is 1060. The molecule has 0 aliphatic carbocycles. The van der Waals surface area contributed by atoms with Crippen LogP contribution in [0.5, 0.6) is 0 Å². The quantitative estimate of drug-likeness (QED) is 0.534. The highest BCUT2D eigenvalue weighted by Crippen LogP contribution is 2.33. The lowest BCUT2D eigenvalue weighted by Gasteiger charge is -2.36. The molecular weight excluding hydrogens is 514 g/mol. The zero-order valence-corrected chi connectivity index (χ0v) is 24.9. The molecule has 0 saturated carbocycles. The van der Waals surface area contributed by atoms with Gasteiger partial charge in [0.05, 0.1) is 36.4 Å². The van der Waals surface area contributed by atoms with Gasteiger partial charge in [-0.25, -0.2) is 9.69 Å². The van der Waals surface area contributed by atoms with Crippen molar-refractivity contribution in [3.63, 3.8) is 0 Å². The maximum Gasteiger partial charge on any atom is 0.132 e. The molecule has 13 nitrogen and oxygen atoms in total. The van der Waals surface area contributed by atoms with Crippen molar-refractivity contribution in [2.45, 2.75) is 52.0 Å². The van der Waals surface area contributed by atoms with Crippen LogP contribution in [0.3, 0.4) is 0 Å². The smallest absolute Gasteiger partial charge is 0.132 e. The first kappa shape index (κ1) is 29.3. The van der Waals surface area contributed by atoms with Crippen LogP contribution in [0, 0.1) is 5.92 Å². The van der Waals surface area contributed by atoms with E-state index in [9.17, 15) is 0 Å². The Hall–Kier alpha value is -2.68. The average molecular weight is 560 g/mol. The fraction of sp³-hybridized carbons (Fsp3) is 0.720. The Labute approximate surface area is 236 Å². The molecule has 2 fully saturated rings. The molecule has 2 N–H and O–H groups in total. The SMILES string of the molecule is C1=NN2N(C=C3CNCCN32)S1.CCCc1nncn1C.CCN(C)C.c1nnn2c1CCC1CNCCC12. The van der Waals surface area contributed by atoms with Crippen molar-refractivity contribution in [2.24, 2.45) is 18.1 Å². The molecule has 0 amide bonds. The molecule has 0 spiro atoms. The van der Waals surface area contributed by atoms with Gasteiger partial charge in [0.25, 0.3) is 0 Å². The van der Waals surface area contributed by atoms with E-state index in [1.54, 1.807) is 18.3 Å². The molecule has 2 atom stereocenters.